The molecule has 0 aliphatic carbocycles. The fourth-order valence-corrected chi connectivity index (χ4v) is 2.87. The molecule has 21 heavy (non-hydrogen) atoms. The summed E-state index contributed by atoms with van der Waals surface area (Å²) in [4.78, 5) is 13.5. The van der Waals surface area contributed by atoms with Gasteiger partial charge in [0, 0.05) is 25.4 Å². The number of benzene rings is 1. The molecule has 4 nitrogen and oxygen atoms in total. The Bertz CT molecular complexity index is 515. The molecule has 0 amide bonds. The average molecular weight is 310 g/mol. The Labute approximate surface area is 126 Å². The van der Waals surface area contributed by atoms with Crippen LogP contribution in [0, 0.1) is 5.82 Å². The predicted octanol–water partition coefficient (Wildman–Crippen LogP) is 2.13. The molecule has 2 atom stereocenters. The quantitative estimate of drug-likeness (QED) is 0.668. The molecule has 6 heteroatoms. The van der Waals surface area contributed by atoms with Crippen LogP contribution in [0.4, 0.5) is 4.39 Å². The number of nitrogens with two attached hydrogens (primary N) is 1. The second-order valence-electron chi connectivity index (χ2n) is 5.19. The Morgan fingerprint density at radius 1 is 1.33 bits per heavy atom. The van der Waals surface area contributed by atoms with Crippen LogP contribution in [-0.2, 0) is 9.53 Å². The van der Waals surface area contributed by atoms with Crippen LogP contribution >= 0.6 is 8.86 Å². The van der Waals surface area contributed by atoms with Crippen molar-refractivity contribution in [1.29, 1.82) is 0 Å². The van der Waals surface area contributed by atoms with E-state index in [1.165, 1.54) is 19.1 Å². The summed E-state index contributed by atoms with van der Waals surface area (Å²) in [6.07, 6.45) is 1.60. The van der Waals surface area contributed by atoms with Gasteiger partial charge in [0.15, 0.2) is 0 Å². The number of hydrogen-bond donors (Lipinski definition) is 1. The molecule has 1 aliphatic rings. The van der Waals surface area contributed by atoms with Crippen molar-refractivity contribution in [1.82, 2.24) is 4.90 Å². The van der Waals surface area contributed by atoms with Gasteiger partial charge in [0.25, 0.3) is 0 Å². The third kappa shape index (κ3) is 4.10. The largest absolute Gasteiger partial charge is 0.456 e. The minimum atomic E-state index is -0.642. The van der Waals surface area contributed by atoms with Crippen molar-refractivity contribution in [3.8, 4) is 0 Å². The van der Waals surface area contributed by atoms with Crippen LogP contribution in [0.2, 0.25) is 0 Å². The predicted molar refractivity (Wildman–Crippen MR) is 83.0 cm³/mol. The van der Waals surface area contributed by atoms with Gasteiger partial charge in [-0.15, -0.1) is 8.86 Å². The topological polar surface area (TPSA) is 55.6 Å². The Morgan fingerprint density at radius 3 is 2.43 bits per heavy atom. The summed E-state index contributed by atoms with van der Waals surface area (Å²) in [5, 5.41) is 0. The molecule has 2 N–H and O–H groups in total. The lowest BCUT2D eigenvalue weighted by Gasteiger charge is -2.29. The Kier molecular flexibility index (Phi) is 5.45. The molecular formula is C15H20FN2O2P. The van der Waals surface area contributed by atoms with Crippen molar-refractivity contribution < 1.29 is 13.9 Å². The molecule has 1 fully saturated rings. The molecule has 0 radical (unpaired) electrons. The lowest BCUT2D eigenvalue weighted by Crippen LogP contribution is -2.45. The molecule has 1 aromatic rings. The van der Waals surface area contributed by atoms with Gasteiger partial charge in [-0.1, -0.05) is 12.1 Å². The number of carbonyl (C=O) groups is 1. The van der Waals surface area contributed by atoms with Gasteiger partial charge in [0.1, 0.15) is 11.9 Å². The van der Waals surface area contributed by atoms with Gasteiger partial charge in [-0.3, -0.25) is 9.69 Å². The summed E-state index contributed by atoms with van der Waals surface area (Å²) in [5.41, 5.74) is 7.74. The van der Waals surface area contributed by atoms with Crippen LogP contribution in [0.3, 0.4) is 0 Å². The standard InChI is InChI=1S/C15H20FN2O2P/c1-10(19)20-14(11-4-6-12(16)7-5-11)13(17)15(21)18-8-2-3-9-18/h4-7,13-14,21H,2-3,8-9,17H2,1H3. The van der Waals surface area contributed by atoms with Gasteiger partial charge in [-0.2, -0.15) is 0 Å². The van der Waals surface area contributed by atoms with E-state index >= 15 is 0 Å². The first-order valence-corrected chi connectivity index (χ1v) is 7.50. The smallest absolute Gasteiger partial charge is 0.303 e. The number of ether oxygens (including phenoxy) is 1. The number of carbonyl (C=O) groups excluding carboxylic acids is 1. The molecule has 2 unspecified atom stereocenters. The normalized spacial score (nSPS) is 18.2. The number of likely N-dealkylation sites (tertiary alicyclic amines) is 1. The zero-order valence-electron chi connectivity index (χ0n) is 12.0. The van der Waals surface area contributed by atoms with Crippen molar-refractivity contribution in [2.24, 2.45) is 5.73 Å². The second kappa shape index (κ2) is 7.12. The highest BCUT2D eigenvalue weighted by Crippen LogP contribution is 2.24. The van der Waals surface area contributed by atoms with Crippen LogP contribution < -0.4 is 5.73 Å². The van der Waals surface area contributed by atoms with Gasteiger partial charge in [-0.25, -0.2) is 4.39 Å². The molecule has 114 valence electrons. The lowest BCUT2D eigenvalue weighted by atomic mass is 10.0. The van der Waals surface area contributed by atoms with Crippen molar-refractivity contribution in [2.75, 3.05) is 13.1 Å². The number of halogens is 1. The highest BCUT2D eigenvalue weighted by Gasteiger charge is 2.29. The van der Waals surface area contributed by atoms with E-state index in [1.807, 2.05) is 0 Å². The first kappa shape index (κ1) is 16.1. The zero-order chi connectivity index (χ0) is 15.4. The molecule has 2 rings (SSSR count). The maximum Gasteiger partial charge on any atom is 0.303 e. The van der Waals surface area contributed by atoms with Crippen LogP contribution in [0.15, 0.2) is 24.3 Å². The monoisotopic (exact) mass is 310 g/mol. The molecule has 1 aromatic carbocycles. The number of nitrogens with zero attached hydrogens (tertiary/aromatic N) is 1. The number of esters is 1. The summed E-state index contributed by atoms with van der Waals surface area (Å²) in [7, 11) is 3.58. The summed E-state index contributed by atoms with van der Waals surface area (Å²) >= 11 is 0. The SMILES string of the molecule is CC(=O)OC(c1ccc(F)cc1)C(N)C(=P)N1CCCC1. The Morgan fingerprint density at radius 2 is 1.90 bits per heavy atom. The molecule has 1 heterocycles. The lowest BCUT2D eigenvalue weighted by molar-refractivity contribution is -0.147. The van der Waals surface area contributed by atoms with Crippen molar-refractivity contribution in [2.45, 2.75) is 31.9 Å². The average Bonchev–Trinajstić information content (AvgIpc) is 2.98. The second-order valence-corrected chi connectivity index (χ2v) is 5.70. The fraction of sp³-hybridized carbons (Fsp3) is 0.467. The van der Waals surface area contributed by atoms with Crippen LogP contribution in [-0.4, -0.2) is 35.4 Å². The fourth-order valence-electron chi connectivity index (χ4n) is 2.49. The van der Waals surface area contributed by atoms with Crippen molar-refractivity contribution in [3.05, 3.63) is 35.6 Å². The van der Waals surface area contributed by atoms with E-state index in [0.717, 1.165) is 31.3 Å². The minimum Gasteiger partial charge on any atom is -0.456 e. The highest BCUT2D eigenvalue weighted by molar-refractivity contribution is 7.21. The van der Waals surface area contributed by atoms with E-state index < -0.39 is 18.1 Å². The highest BCUT2D eigenvalue weighted by atomic mass is 31.0. The molecule has 0 spiro atoms. The third-order valence-corrected chi connectivity index (χ3v) is 4.23. The van der Waals surface area contributed by atoms with Crippen molar-refractivity contribution in [3.63, 3.8) is 0 Å². The summed E-state index contributed by atoms with van der Waals surface area (Å²) in [6.45, 7) is 3.21. The molecular weight excluding hydrogens is 290 g/mol. The Hall–Kier alpha value is -1.29. The molecule has 0 saturated carbocycles. The van der Waals surface area contributed by atoms with Crippen LogP contribution in [0.25, 0.3) is 0 Å². The minimum absolute atomic E-state index is 0.337. The van der Waals surface area contributed by atoms with E-state index in [-0.39, 0.29) is 5.82 Å². The zero-order valence-corrected chi connectivity index (χ0v) is 13.0. The molecule has 1 aliphatic heterocycles. The van der Waals surface area contributed by atoms with E-state index in [9.17, 15) is 9.18 Å². The van der Waals surface area contributed by atoms with E-state index in [2.05, 4.69) is 13.8 Å². The number of rotatable bonds is 5. The third-order valence-electron chi connectivity index (χ3n) is 3.58. The van der Waals surface area contributed by atoms with Gasteiger partial charge >= 0.3 is 5.97 Å². The Balaban J connectivity index is 2.19. The van der Waals surface area contributed by atoms with E-state index in [1.54, 1.807) is 12.1 Å². The van der Waals surface area contributed by atoms with Crippen LogP contribution in [0.5, 0.6) is 0 Å². The van der Waals surface area contributed by atoms with Gasteiger partial charge in [0.2, 0.25) is 0 Å². The maximum atomic E-state index is 13.1. The first-order chi connectivity index (χ1) is 9.99. The maximum absolute atomic E-state index is 13.1. The van der Waals surface area contributed by atoms with E-state index in [4.69, 9.17) is 10.5 Å². The molecule has 1 saturated heterocycles. The van der Waals surface area contributed by atoms with Gasteiger partial charge < -0.3 is 10.5 Å². The van der Waals surface area contributed by atoms with E-state index in [0.29, 0.717) is 5.56 Å². The summed E-state index contributed by atoms with van der Waals surface area (Å²) < 4.78 is 18.4. The summed E-state index contributed by atoms with van der Waals surface area (Å²) in [6, 6.07) is 5.33. The molecule has 0 aromatic heterocycles. The van der Waals surface area contributed by atoms with Crippen molar-refractivity contribution >= 4 is 20.3 Å². The molecule has 0 bridgehead atoms. The van der Waals surface area contributed by atoms with Crippen LogP contribution in [0.1, 0.15) is 31.4 Å². The number of hydrogen-bond acceptors (Lipinski definition) is 3. The first-order valence-electron chi connectivity index (χ1n) is 7.00. The summed E-state index contributed by atoms with van der Waals surface area (Å²) in [5.74, 6) is -0.753. The van der Waals surface area contributed by atoms with Gasteiger partial charge in [-0.05, 0) is 30.5 Å². The van der Waals surface area contributed by atoms with Gasteiger partial charge in [0.05, 0.1) is 6.04 Å².